The van der Waals surface area contributed by atoms with Crippen molar-refractivity contribution in [3.8, 4) is 17.2 Å². The lowest BCUT2D eigenvalue weighted by atomic mass is 10.0. The highest BCUT2D eigenvalue weighted by atomic mass is 16.5. The van der Waals surface area contributed by atoms with E-state index in [0.717, 1.165) is 48.6 Å². The summed E-state index contributed by atoms with van der Waals surface area (Å²) in [4.78, 5) is 19.6. The molecule has 3 aromatic rings. The normalized spacial score (nSPS) is 18.5. The smallest absolute Gasteiger partial charge is 0.273 e. The molecule has 0 bridgehead atoms. The highest BCUT2D eigenvalue weighted by molar-refractivity contribution is 5.93. The molecule has 6 nitrogen and oxygen atoms in total. The van der Waals surface area contributed by atoms with Crippen LogP contribution in [-0.2, 0) is 0 Å². The summed E-state index contributed by atoms with van der Waals surface area (Å²) >= 11 is 0. The van der Waals surface area contributed by atoms with Gasteiger partial charge in [0.05, 0.1) is 31.8 Å². The first-order valence-electron chi connectivity index (χ1n) is 10.1. The minimum atomic E-state index is 0.000893. The quantitative estimate of drug-likeness (QED) is 0.679. The molecule has 0 aliphatic carbocycles. The zero-order valence-electron chi connectivity index (χ0n) is 16.2. The number of hydrogen-bond acceptors (Lipinski definition) is 4. The van der Waals surface area contributed by atoms with Gasteiger partial charge < -0.3 is 14.4 Å². The van der Waals surface area contributed by atoms with Gasteiger partial charge in [-0.25, -0.2) is 4.98 Å². The van der Waals surface area contributed by atoms with Crippen molar-refractivity contribution in [2.75, 3.05) is 19.8 Å². The first-order valence-corrected chi connectivity index (χ1v) is 10.1. The lowest BCUT2D eigenvalue weighted by Gasteiger charge is -2.26. The van der Waals surface area contributed by atoms with Crippen LogP contribution in [0.1, 0.15) is 41.4 Å². The van der Waals surface area contributed by atoms with E-state index in [1.807, 2.05) is 51.9 Å². The third kappa shape index (κ3) is 3.35. The van der Waals surface area contributed by atoms with Crippen molar-refractivity contribution >= 4 is 5.91 Å². The summed E-state index contributed by atoms with van der Waals surface area (Å²) in [5, 5.41) is 0. The minimum absolute atomic E-state index is 0.000893. The molecule has 1 atom stereocenters. The Labute approximate surface area is 169 Å². The van der Waals surface area contributed by atoms with Crippen molar-refractivity contribution < 1.29 is 14.3 Å². The van der Waals surface area contributed by atoms with Gasteiger partial charge in [0.1, 0.15) is 5.69 Å². The van der Waals surface area contributed by atoms with Gasteiger partial charge >= 0.3 is 0 Å². The molecule has 0 unspecified atom stereocenters. The van der Waals surface area contributed by atoms with E-state index >= 15 is 0 Å². The number of amides is 1. The predicted octanol–water partition coefficient (Wildman–Crippen LogP) is 4.01. The van der Waals surface area contributed by atoms with Gasteiger partial charge in [0.25, 0.3) is 5.91 Å². The highest BCUT2D eigenvalue weighted by Gasteiger charge is 2.33. The van der Waals surface area contributed by atoms with Gasteiger partial charge in [-0.2, -0.15) is 0 Å². The molecule has 6 heteroatoms. The number of ether oxygens (including phenoxy) is 2. The van der Waals surface area contributed by atoms with Crippen molar-refractivity contribution in [3.63, 3.8) is 0 Å². The summed E-state index contributed by atoms with van der Waals surface area (Å²) in [6, 6.07) is 15.9. The predicted molar refractivity (Wildman–Crippen MR) is 109 cm³/mol. The van der Waals surface area contributed by atoms with Crippen LogP contribution in [0.3, 0.4) is 0 Å². The number of rotatable bonds is 3. The van der Waals surface area contributed by atoms with Gasteiger partial charge in [0.15, 0.2) is 11.5 Å². The fourth-order valence-corrected chi connectivity index (χ4v) is 4.14. The van der Waals surface area contributed by atoms with Gasteiger partial charge in [-0.1, -0.05) is 24.3 Å². The molecule has 0 N–H and O–H groups in total. The van der Waals surface area contributed by atoms with Crippen molar-refractivity contribution in [1.82, 2.24) is 14.5 Å². The van der Waals surface area contributed by atoms with Crippen molar-refractivity contribution in [2.24, 2.45) is 0 Å². The number of para-hydroxylation sites is 1. The third-order valence-electron chi connectivity index (χ3n) is 5.56. The van der Waals surface area contributed by atoms with E-state index < -0.39 is 0 Å². The fraction of sp³-hybridized carbons (Fsp3) is 0.304. The lowest BCUT2D eigenvalue weighted by molar-refractivity contribution is 0.0727. The number of imidazole rings is 1. The van der Waals surface area contributed by atoms with Crippen molar-refractivity contribution in [2.45, 2.75) is 25.3 Å². The van der Waals surface area contributed by atoms with E-state index in [1.54, 1.807) is 12.5 Å². The van der Waals surface area contributed by atoms with Crippen LogP contribution in [0.15, 0.2) is 61.1 Å². The lowest BCUT2D eigenvalue weighted by Crippen LogP contribution is -2.32. The summed E-state index contributed by atoms with van der Waals surface area (Å²) in [7, 11) is 0. The van der Waals surface area contributed by atoms with Crippen LogP contribution in [0.4, 0.5) is 0 Å². The molecule has 5 rings (SSSR count). The van der Waals surface area contributed by atoms with E-state index in [4.69, 9.17) is 9.47 Å². The monoisotopic (exact) mass is 389 g/mol. The Bertz CT molecular complexity index is 1020. The van der Waals surface area contributed by atoms with Crippen LogP contribution in [0, 0.1) is 0 Å². The zero-order valence-corrected chi connectivity index (χ0v) is 16.2. The van der Waals surface area contributed by atoms with Crippen LogP contribution >= 0.6 is 0 Å². The molecule has 1 amide bonds. The molecule has 1 aromatic heterocycles. The van der Waals surface area contributed by atoms with Crippen molar-refractivity contribution in [1.29, 1.82) is 0 Å². The Morgan fingerprint density at radius 1 is 1.00 bits per heavy atom. The fourth-order valence-electron chi connectivity index (χ4n) is 4.14. The molecule has 29 heavy (non-hydrogen) atoms. The summed E-state index contributed by atoms with van der Waals surface area (Å²) in [6.45, 7) is 2.06. The number of carbonyl (C=O) groups excluding carboxylic acids is 1. The maximum atomic E-state index is 13.4. The number of hydrogen-bond donors (Lipinski definition) is 0. The molecule has 3 heterocycles. The summed E-state index contributed by atoms with van der Waals surface area (Å²) in [5.41, 5.74) is 2.60. The summed E-state index contributed by atoms with van der Waals surface area (Å²) in [5.74, 6) is 1.55. The number of benzene rings is 2. The molecule has 0 radical (unpaired) electrons. The Morgan fingerprint density at radius 3 is 2.69 bits per heavy atom. The molecule has 1 fully saturated rings. The van der Waals surface area contributed by atoms with Gasteiger partial charge in [0, 0.05) is 18.7 Å². The van der Waals surface area contributed by atoms with E-state index in [9.17, 15) is 4.79 Å². The molecule has 0 spiro atoms. The number of nitrogens with zero attached hydrogens (tertiary/aromatic N) is 3. The molecule has 2 aromatic carbocycles. The van der Waals surface area contributed by atoms with E-state index in [1.165, 1.54) is 0 Å². The second-order valence-electron chi connectivity index (χ2n) is 7.40. The number of fused-ring (bicyclic) bond motifs is 1. The van der Waals surface area contributed by atoms with E-state index in [-0.39, 0.29) is 11.9 Å². The van der Waals surface area contributed by atoms with Crippen LogP contribution in [0.25, 0.3) is 5.69 Å². The second kappa shape index (κ2) is 7.62. The largest absolute Gasteiger partial charge is 0.490 e. The average Bonchev–Trinajstić information content (AvgIpc) is 3.39. The Kier molecular flexibility index (Phi) is 4.68. The minimum Gasteiger partial charge on any atom is -0.490 e. The topological polar surface area (TPSA) is 56.6 Å². The molecule has 0 saturated carbocycles. The number of carbonyl (C=O) groups is 1. The third-order valence-corrected chi connectivity index (χ3v) is 5.56. The average molecular weight is 389 g/mol. The highest BCUT2D eigenvalue weighted by Crippen LogP contribution is 2.38. The molecular formula is C23H23N3O3. The first-order chi connectivity index (χ1) is 14.3. The van der Waals surface area contributed by atoms with E-state index in [0.29, 0.717) is 18.9 Å². The summed E-state index contributed by atoms with van der Waals surface area (Å²) < 4.78 is 13.5. The van der Waals surface area contributed by atoms with Crippen LogP contribution < -0.4 is 9.47 Å². The Hall–Kier alpha value is -3.28. The van der Waals surface area contributed by atoms with Crippen LogP contribution in [0.2, 0.25) is 0 Å². The summed E-state index contributed by atoms with van der Waals surface area (Å²) in [6.07, 6.45) is 6.14. The molecule has 2 aliphatic rings. The van der Waals surface area contributed by atoms with Gasteiger partial charge in [-0.05, 0) is 42.7 Å². The zero-order chi connectivity index (χ0) is 19.6. The van der Waals surface area contributed by atoms with Gasteiger partial charge in [-0.3, -0.25) is 9.36 Å². The second-order valence-corrected chi connectivity index (χ2v) is 7.40. The first kappa shape index (κ1) is 17.8. The Balaban J connectivity index is 1.44. The Morgan fingerprint density at radius 2 is 1.83 bits per heavy atom. The standard InChI is InChI=1S/C23H23N3O3/c27-23(20-15-24-16-26(20)18-6-2-1-3-7-18)25-11-4-8-19(25)17-9-10-21-22(14-17)29-13-5-12-28-21/h1-3,6-7,9-10,14-16,19H,4-5,8,11-13H2/t19-/m1/s1. The van der Waals surface area contributed by atoms with Gasteiger partial charge in [-0.15, -0.1) is 0 Å². The van der Waals surface area contributed by atoms with Gasteiger partial charge in [0.2, 0.25) is 0 Å². The maximum absolute atomic E-state index is 13.4. The SMILES string of the molecule is O=C(c1cncn1-c1ccccc1)N1CCC[C@@H]1c1ccc2c(c1)OCCCO2. The van der Waals surface area contributed by atoms with E-state index in [2.05, 4.69) is 11.1 Å². The van der Waals surface area contributed by atoms with Crippen LogP contribution in [0.5, 0.6) is 11.5 Å². The molecule has 148 valence electrons. The van der Waals surface area contributed by atoms with Crippen LogP contribution in [-0.4, -0.2) is 40.1 Å². The molecule has 1 saturated heterocycles. The number of aromatic nitrogens is 2. The molecule has 2 aliphatic heterocycles. The van der Waals surface area contributed by atoms with Crippen molar-refractivity contribution in [3.05, 3.63) is 72.3 Å². The molecular weight excluding hydrogens is 366 g/mol. The maximum Gasteiger partial charge on any atom is 0.273 e. The number of likely N-dealkylation sites (tertiary alicyclic amines) is 1.